The van der Waals surface area contributed by atoms with Crippen LogP contribution in [0.3, 0.4) is 0 Å². The number of hydrogen-bond donors (Lipinski definition) is 0. The Morgan fingerprint density at radius 2 is 0.833 bits per heavy atom. The van der Waals surface area contributed by atoms with E-state index in [1.807, 2.05) is 0 Å². The van der Waals surface area contributed by atoms with E-state index in [1.165, 1.54) is 75.0 Å². The van der Waals surface area contributed by atoms with Gasteiger partial charge in [0, 0.05) is 63.1 Å². The molecule has 4 atom stereocenters. The number of aryl methyl sites for hydroxylation is 2. The summed E-state index contributed by atoms with van der Waals surface area (Å²) in [5.41, 5.74) is 1.41. The van der Waals surface area contributed by atoms with Crippen LogP contribution in [-0.2, 0) is 45.3 Å². The average Bonchev–Trinajstić information content (AvgIpc) is 4.20. The van der Waals surface area contributed by atoms with Crippen LogP contribution in [0.25, 0.3) is 34.4 Å². The second-order valence-corrected chi connectivity index (χ2v) is 21.5. The Morgan fingerprint density at radius 3 is 1.11 bits per heavy atom. The lowest BCUT2D eigenvalue weighted by molar-refractivity contribution is 0.368. The van der Waals surface area contributed by atoms with Crippen molar-refractivity contribution < 1.29 is 35.8 Å². The highest BCUT2D eigenvalue weighted by Crippen LogP contribution is 2.36. The summed E-state index contributed by atoms with van der Waals surface area (Å²) in [6, 6.07) is 3.45. The van der Waals surface area contributed by atoms with E-state index in [1.54, 1.807) is 75.7 Å². The zero-order valence-electron chi connectivity index (χ0n) is 40.4. The zero-order chi connectivity index (χ0) is 52.1. The molecule has 380 valence electrons. The van der Waals surface area contributed by atoms with Crippen molar-refractivity contribution in [3.05, 3.63) is 95.3 Å². The van der Waals surface area contributed by atoms with Crippen molar-refractivity contribution in [3.8, 4) is 57.9 Å². The molecule has 0 spiro atoms. The van der Waals surface area contributed by atoms with Gasteiger partial charge in [0.05, 0.1) is 49.0 Å². The fraction of sp³-hybridized carbons (Fsp3) is 0.381. The molecule has 8 rings (SSSR count). The minimum Gasteiger partial charge on any atom is -0.479 e. The first-order valence-corrected chi connectivity index (χ1v) is 25.6. The van der Waals surface area contributed by atoms with Gasteiger partial charge in [-0.15, -0.1) is 20.4 Å². The van der Waals surface area contributed by atoms with Gasteiger partial charge in [0.1, 0.15) is 47.2 Å². The van der Waals surface area contributed by atoms with Gasteiger partial charge in [-0.05, 0) is 26.0 Å². The summed E-state index contributed by atoms with van der Waals surface area (Å²) in [6.45, 7) is 6.69. The molecule has 30 heteroatoms. The monoisotopic (exact) mass is 1070 g/mol. The SMILES string of the molecule is COc1ncnc(OC)c1-n1c(CS(=O)(=O)[C@@H](C)[C@H](C)c2ncc(Cl)cn2)nnc1-c1ccn(C)n1.COc1ncnc(OC)c1-n1c(CS(=O)(=O)[C@H](C)[C@@H](C)c2ncc(Cl)cn2)nnc1-c1ccn(C)n1. The second kappa shape index (κ2) is 22.0. The molecule has 8 aromatic heterocycles. The highest BCUT2D eigenvalue weighted by atomic mass is 35.5. The van der Waals surface area contributed by atoms with Crippen LogP contribution in [0.4, 0.5) is 0 Å². The van der Waals surface area contributed by atoms with E-state index in [9.17, 15) is 16.8 Å². The fourth-order valence-electron chi connectivity index (χ4n) is 7.15. The lowest BCUT2D eigenvalue weighted by Crippen LogP contribution is -2.27. The van der Waals surface area contributed by atoms with Crippen LogP contribution in [0.5, 0.6) is 23.5 Å². The number of nitrogens with zero attached hydrogens (tertiary/aromatic N) is 18. The van der Waals surface area contributed by atoms with E-state index in [2.05, 4.69) is 70.5 Å². The first-order chi connectivity index (χ1) is 34.3. The number of hydrogen-bond acceptors (Lipinski definition) is 22. The number of rotatable bonds is 18. The van der Waals surface area contributed by atoms with Gasteiger partial charge in [0.2, 0.25) is 23.5 Å². The summed E-state index contributed by atoms with van der Waals surface area (Å²) < 4.78 is 82.1. The van der Waals surface area contributed by atoms with Gasteiger partial charge in [-0.1, -0.05) is 37.0 Å². The molecule has 72 heavy (non-hydrogen) atoms. The number of methoxy groups -OCH3 is 4. The highest BCUT2D eigenvalue weighted by molar-refractivity contribution is 7.91. The minimum atomic E-state index is -3.79. The Hall–Kier alpha value is -7.30. The van der Waals surface area contributed by atoms with Crippen LogP contribution in [0.15, 0.2) is 62.0 Å². The van der Waals surface area contributed by atoms with Crippen LogP contribution in [-0.4, -0.2) is 145 Å². The van der Waals surface area contributed by atoms with E-state index in [-0.39, 0.29) is 58.2 Å². The molecule has 0 radical (unpaired) electrons. The quantitative estimate of drug-likeness (QED) is 0.117. The van der Waals surface area contributed by atoms with Gasteiger partial charge < -0.3 is 18.9 Å². The van der Waals surface area contributed by atoms with Gasteiger partial charge in [0.15, 0.2) is 54.3 Å². The molecule has 0 aliphatic carbocycles. The van der Waals surface area contributed by atoms with Crippen LogP contribution in [0.1, 0.15) is 62.8 Å². The third-order valence-electron chi connectivity index (χ3n) is 11.4. The Morgan fingerprint density at radius 1 is 0.514 bits per heavy atom. The van der Waals surface area contributed by atoms with E-state index >= 15 is 0 Å². The van der Waals surface area contributed by atoms with Crippen molar-refractivity contribution in [2.75, 3.05) is 28.4 Å². The number of sulfone groups is 2. The predicted octanol–water partition coefficient (Wildman–Crippen LogP) is 4.05. The van der Waals surface area contributed by atoms with Crippen LogP contribution < -0.4 is 18.9 Å². The Bertz CT molecular complexity index is 3120. The molecule has 8 aromatic rings. The van der Waals surface area contributed by atoms with Crippen molar-refractivity contribution in [1.82, 2.24) is 89.0 Å². The molecule has 0 fully saturated rings. The van der Waals surface area contributed by atoms with E-state index in [0.717, 1.165) is 0 Å². The second-order valence-electron chi connectivity index (χ2n) is 15.9. The molecule has 0 aliphatic heterocycles. The van der Waals surface area contributed by atoms with Crippen LogP contribution in [0.2, 0.25) is 10.0 Å². The maximum absolute atomic E-state index is 13.5. The number of ether oxygens (including phenoxy) is 4. The third kappa shape index (κ3) is 11.1. The van der Waals surface area contributed by atoms with Gasteiger partial charge in [-0.2, -0.15) is 30.1 Å². The van der Waals surface area contributed by atoms with Crippen molar-refractivity contribution >= 4 is 42.9 Å². The summed E-state index contributed by atoms with van der Waals surface area (Å²) >= 11 is 11.7. The summed E-state index contributed by atoms with van der Waals surface area (Å²) in [5.74, 6) is 0.158. The normalized spacial score (nSPS) is 13.4. The highest BCUT2D eigenvalue weighted by Gasteiger charge is 2.35. The number of aromatic nitrogens is 18. The van der Waals surface area contributed by atoms with Crippen LogP contribution in [0, 0.1) is 0 Å². The molecule has 0 N–H and O–H groups in total. The molecule has 8 heterocycles. The van der Waals surface area contributed by atoms with E-state index < -0.39 is 53.5 Å². The first-order valence-electron chi connectivity index (χ1n) is 21.5. The minimum absolute atomic E-state index is 0.109. The lowest BCUT2D eigenvalue weighted by Gasteiger charge is -2.20. The molecule has 26 nitrogen and oxygen atoms in total. The van der Waals surface area contributed by atoms with Crippen molar-refractivity contribution in [2.45, 2.75) is 61.5 Å². The standard InChI is InChI=1S/2C21H24ClN9O4S/c2*1-12(18-23-8-14(22)9-24-18)13(2)36(32,33)10-16-27-28-19(15-6-7-30(3)29-15)31(16)17-20(34-4)25-11-26-21(17)35-5/h2*6-9,11-13H,10H2,1-5H3/t2*12-,13-/m10/s1. The molecule has 0 unspecified atom stereocenters. The maximum Gasteiger partial charge on any atom is 0.245 e. The van der Waals surface area contributed by atoms with Crippen molar-refractivity contribution in [3.63, 3.8) is 0 Å². The van der Waals surface area contributed by atoms with Crippen molar-refractivity contribution in [1.29, 1.82) is 0 Å². The summed E-state index contributed by atoms with van der Waals surface area (Å²) in [6.07, 6.45) is 11.8. The molecular formula is C42H48Cl2N18O8S2. The third-order valence-corrected chi connectivity index (χ3v) is 16.2. The number of halogens is 2. The Balaban J connectivity index is 0.000000211. The first kappa shape index (κ1) is 52.5. The Kier molecular flexibility index (Phi) is 16.0. The molecule has 0 bridgehead atoms. The molecule has 0 amide bonds. The molecule has 0 saturated heterocycles. The Labute approximate surface area is 423 Å². The molecule has 0 aliphatic rings. The predicted molar refractivity (Wildman–Crippen MR) is 260 cm³/mol. The average molecular weight is 1070 g/mol. The summed E-state index contributed by atoms with van der Waals surface area (Å²) in [4.78, 5) is 33.3. The van der Waals surface area contributed by atoms with Crippen molar-refractivity contribution in [2.24, 2.45) is 14.1 Å². The van der Waals surface area contributed by atoms with Gasteiger partial charge >= 0.3 is 0 Å². The van der Waals surface area contributed by atoms with E-state index in [4.69, 9.17) is 42.1 Å². The van der Waals surface area contributed by atoms with Gasteiger partial charge in [-0.3, -0.25) is 18.5 Å². The van der Waals surface area contributed by atoms with Gasteiger partial charge in [-0.25, -0.2) is 36.8 Å². The molecule has 0 saturated carbocycles. The smallest absolute Gasteiger partial charge is 0.245 e. The lowest BCUT2D eigenvalue weighted by atomic mass is 10.1. The fourth-order valence-corrected chi connectivity index (χ4v) is 10.4. The van der Waals surface area contributed by atoms with E-state index in [0.29, 0.717) is 33.1 Å². The summed E-state index contributed by atoms with van der Waals surface area (Å²) in [5, 5.41) is 24.7. The molecular weight excluding hydrogens is 1020 g/mol. The largest absolute Gasteiger partial charge is 0.479 e. The van der Waals surface area contributed by atoms with Crippen LogP contribution >= 0.6 is 23.2 Å². The maximum atomic E-state index is 13.5. The topological polar surface area (TPSA) is 305 Å². The zero-order valence-corrected chi connectivity index (χ0v) is 43.5. The van der Waals surface area contributed by atoms with Gasteiger partial charge in [0.25, 0.3) is 0 Å². The summed E-state index contributed by atoms with van der Waals surface area (Å²) in [7, 11) is 1.66. The molecule has 0 aromatic carbocycles.